The highest BCUT2D eigenvalue weighted by Gasteiger charge is 2.31. The maximum atomic E-state index is 12.2. The van der Waals surface area contributed by atoms with Crippen LogP contribution in [0.1, 0.15) is 51.2 Å². The Labute approximate surface area is 134 Å². The summed E-state index contributed by atoms with van der Waals surface area (Å²) in [6.07, 6.45) is 4.11. The highest BCUT2D eigenvalue weighted by atomic mass is 16.1. The van der Waals surface area contributed by atoms with Gasteiger partial charge in [0.2, 0.25) is 5.91 Å². The first-order chi connectivity index (χ1) is 10.4. The van der Waals surface area contributed by atoms with Gasteiger partial charge in [0.25, 0.3) is 0 Å². The largest absolute Gasteiger partial charge is 0.356 e. The minimum absolute atomic E-state index is 0.133. The highest BCUT2D eigenvalue weighted by molar-refractivity contribution is 5.79. The Balaban J connectivity index is 1.80. The Hall–Kier alpha value is -1.35. The first-order valence-electron chi connectivity index (χ1n) is 8.49. The molecule has 1 aliphatic carbocycles. The average Bonchev–Trinajstić information content (AvgIpc) is 2.95. The van der Waals surface area contributed by atoms with E-state index in [-0.39, 0.29) is 17.2 Å². The Kier molecular flexibility index (Phi) is 5.63. The standard InChI is InChI=1S/C19H30N2O/c1-19(2,3)16-9-7-14(8-10-16)11-12-21-18(22)17-6-4-5-15(17)13-20/h7-10,15,17H,4-6,11-13,20H2,1-3H3,(H,21,22)/t15-,17-/m1/s1. The average molecular weight is 302 g/mol. The molecule has 0 unspecified atom stereocenters. The molecule has 1 aromatic carbocycles. The van der Waals surface area contributed by atoms with Crippen molar-refractivity contribution in [1.82, 2.24) is 5.32 Å². The number of amides is 1. The summed E-state index contributed by atoms with van der Waals surface area (Å²) in [5.41, 5.74) is 8.56. The number of benzene rings is 1. The lowest BCUT2D eigenvalue weighted by Gasteiger charge is -2.19. The molecule has 1 aromatic rings. The molecule has 1 fully saturated rings. The van der Waals surface area contributed by atoms with Crippen LogP contribution < -0.4 is 11.1 Å². The van der Waals surface area contributed by atoms with Crippen LogP contribution in [0.2, 0.25) is 0 Å². The van der Waals surface area contributed by atoms with Crippen LogP contribution >= 0.6 is 0 Å². The van der Waals surface area contributed by atoms with Gasteiger partial charge in [-0.3, -0.25) is 4.79 Å². The number of hydrogen-bond donors (Lipinski definition) is 2. The van der Waals surface area contributed by atoms with Gasteiger partial charge in [-0.1, -0.05) is 51.5 Å². The zero-order valence-corrected chi connectivity index (χ0v) is 14.2. The molecule has 0 radical (unpaired) electrons. The molecular weight excluding hydrogens is 272 g/mol. The molecule has 22 heavy (non-hydrogen) atoms. The van der Waals surface area contributed by atoms with Crippen molar-refractivity contribution in [3.8, 4) is 0 Å². The minimum Gasteiger partial charge on any atom is -0.356 e. The molecule has 122 valence electrons. The van der Waals surface area contributed by atoms with Crippen molar-refractivity contribution in [2.75, 3.05) is 13.1 Å². The van der Waals surface area contributed by atoms with Crippen molar-refractivity contribution in [2.45, 2.75) is 51.9 Å². The van der Waals surface area contributed by atoms with E-state index in [4.69, 9.17) is 5.73 Å². The van der Waals surface area contributed by atoms with Crippen LogP contribution in [0, 0.1) is 11.8 Å². The molecule has 1 amide bonds. The lowest BCUT2D eigenvalue weighted by Crippen LogP contribution is -2.36. The maximum Gasteiger partial charge on any atom is 0.223 e. The van der Waals surface area contributed by atoms with E-state index in [1.54, 1.807) is 0 Å². The third kappa shape index (κ3) is 4.33. The second kappa shape index (κ2) is 7.28. The molecule has 3 heteroatoms. The van der Waals surface area contributed by atoms with E-state index >= 15 is 0 Å². The fourth-order valence-corrected chi connectivity index (χ4v) is 3.30. The van der Waals surface area contributed by atoms with Gasteiger partial charge in [-0.25, -0.2) is 0 Å². The van der Waals surface area contributed by atoms with Crippen molar-refractivity contribution in [3.05, 3.63) is 35.4 Å². The van der Waals surface area contributed by atoms with Crippen LogP contribution in [-0.2, 0) is 16.6 Å². The van der Waals surface area contributed by atoms with Crippen molar-refractivity contribution < 1.29 is 4.79 Å². The summed E-state index contributed by atoms with van der Waals surface area (Å²) in [5, 5.41) is 3.09. The number of nitrogens with two attached hydrogens (primary N) is 1. The second-order valence-corrected chi connectivity index (χ2v) is 7.52. The second-order valence-electron chi connectivity index (χ2n) is 7.52. The van der Waals surface area contributed by atoms with Gasteiger partial charge in [0.05, 0.1) is 0 Å². The van der Waals surface area contributed by atoms with Gasteiger partial charge in [0.1, 0.15) is 0 Å². The minimum atomic E-state index is 0.133. The van der Waals surface area contributed by atoms with E-state index in [0.717, 1.165) is 25.7 Å². The van der Waals surface area contributed by atoms with Gasteiger partial charge in [-0.2, -0.15) is 0 Å². The molecule has 2 rings (SSSR count). The van der Waals surface area contributed by atoms with E-state index in [0.29, 0.717) is 19.0 Å². The topological polar surface area (TPSA) is 55.1 Å². The van der Waals surface area contributed by atoms with Gasteiger partial charge >= 0.3 is 0 Å². The molecule has 2 atom stereocenters. The van der Waals surface area contributed by atoms with Crippen molar-refractivity contribution in [2.24, 2.45) is 17.6 Å². The molecule has 0 bridgehead atoms. The van der Waals surface area contributed by atoms with Gasteiger partial charge in [-0.05, 0) is 48.3 Å². The summed E-state index contributed by atoms with van der Waals surface area (Å²) >= 11 is 0. The first-order valence-corrected chi connectivity index (χ1v) is 8.49. The quantitative estimate of drug-likeness (QED) is 0.878. The van der Waals surface area contributed by atoms with Crippen molar-refractivity contribution in [1.29, 1.82) is 0 Å². The van der Waals surface area contributed by atoms with E-state index in [1.807, 2.05) is 0 Å². The Morgan fingerprint density at radius 1 is 1.23 bits per heavy atom. The van der Waals surface area contributed by atoms with Crippen LogP contribution in [0.25, 0.3) is 0 Å². The molecule has 1 aliphatic rings. The first kappa shape index (κ1) is 17.0. The van der Waals surface area contributed by atoms with Crippen LogP contribution in [-0.4, -0.2) is 19.0 Å². The molecule has 0 heterocycles. The predicted molar refractivity (Wildman–Crippen MR) is 91.7 cm³/mol. The Morgan fingerprint density at radius 3 is 2.50 bits per heavy atom. The fraction of sp³-hybridized carbons (Fsp3) is 0.632. The summed E-state index contributed by atoms with van der Waals surface area (Å²) in [6.45, 7) is 8.00. The Morgan fingerprint density at radius 2 is 1.91 bits per heavy atom. The third-order valence-electron chi connectivity index (χ3n) is 4.83. The zero-order valence-electron chi connectivity index (χ0n) is 14.2. The smallest absolute Gasteiger partial charge is 0.223 e. The predicted octanol–water partition coefficient (Wildman–Crippen LogP) is 3.02. The van der Waals surface area contributed by atoms with Gasteiger partial charge in [-0.15, -0.1) is 0 Å². The highest BCUT2D eigenvalue weighted by Crippen LogP contribution is 2.30. The maximum absolute atomic E-state index is 12.2. The van der Waals surface area contributed by atoms with Gasteiger partial charge < -0.3 is 11.1 Å². The van der Waals surface area contributed by atoms with Crippen LogP contribution in [0.5, 0.6) is 0 Å². The number of carbonyl (C=O) groups excluding carboxylic acids is 1. The number of carbonyl (C=O) groups is 1. The van der Waals surface area contributed by atoms with E-state index < -0.39 is 0 Å². The molecule has 0 aliphatic heterocycles. The molecule has 0 saturated heterocycles. The molecule has 1 saturated carbocycles. The van der Waals surface area contributed by atoms with Crippen LogP contribution in [0.4, 0.5) is 0 Å². The summed E-state index contributed by atoms with van der Waals surface area (Å²) in [5.74, 6) is 0.707. The Bertz CT molecular complexity index is 487. The summed E-state index contributed by atoms with van der Waals surface area (Å²) < 4.78 is 0. The third-order valence-corrected chi connectivity index (χ3v) is 4.83. The summed E-state index contributed by atoms with van der Waals surface area (Å²) in [7, 11) is 0. The summed E-state index contributed by atoms with van der Waals surface area (Å²) in [6, 6.07) is 8.73. The molecule has 0 aromatic heterocycles. The molecular formula is C19H30N2O. The molecule has 3 N–H and O–H groups in total. The van der Waals surface area contributed by atoms with E-state index in [1.165, 1.54) is 11.1 Å². The van der Waals surface area contributed by atoms with Crippen molar-refractivity contribution in [3.63, 3.8) is 0 Å². The normalized spacial score (nSPS) is 21.8. The molecule has 3 nitrogen and oxygen atoms in total. The summed E-state index contributed by atoms with van der Waals surface area (Å²) in [4.78, 5) is 12.2. The SMILES string of the molecule is CC(C)(C)c1ccc(CCNC(=O)[C@@H]2CCC[C@@H]2CN)cc1. The number of rotatable bonds is 5. The van der Waals surface area contributed by atoms with Gasteiger partial charge in [0.15, 0.2) is 0 Å². The lowest BCUT2D eigenvalue weighted by molar-refractivity contribution is -0.125. The van der Waals surface area contributed by atoms with Crippen LogP contribution in [0.15, 0.2) is 24.3 Å². The van der Waals surface area contributed by atoms with Crippen molar-refractivity contribution >= 4 is 5.91 Å². The van der Waals surface area contributed by atoms with E-state index in [2.05, 4.69) is 50.4 Å². The van der Waals surface area contributed by atoms with Gasteiger partial charge in [0, 0.05) is 12.5 Å². The number of hydrogen-bond acceptors (Lipinski definition) is 2. The molecule has 0 spiro atoms. The fourth-order valence-electron chi connectivity index (χ4n) is 3.30. The van der Waals surface area contributed by atoms with Crippen LogP contribution in [0.3, 0.4) is 0 Å². The van der Waals surface area contributed by atoms with E-state index in [9.17, 15) is 4.79 Å². The number of nitrogens with one attached hydrogen (secondary N) is 1. The zero-order chi connectivity index (χ0) is 16.2. The lowest BCUT2D eigenvalue weighted by atomic mass is 9.86. The monoisotopic (exact) mass is 302 g/mol.